The number of aromatic nitrogens is 2. The molecule has 0 fully saturated rings. The summed E-state index contributed by atoms with van der Waals surface area (Å²) >= 11 is 7.28. The number of H-pyrrole nitrogens is 1. The molecule has 1 amide bonds. The first-order valence-electron chi connectivity index (χ1n) is 9.58. The molecule has 32 heavy (non-hydrogen) atoms. The van der Waals surface area contributed by atoms with Crippen LogP contribution in [0.5, 0.6) is 17.2 Å². The van der Waals surface area contributed by atoms with Crippen LogP contribution >= 0.6 is 23.4 Å². The molecule has 1 aromatic heterocycles. The molecular weight excluding hydrogens is 458 g/mol. The van der Waals surface area contributed by atoms with Crippen LogP contribution in [-0.4, -0.2) is 37.8 Å². The minimum atomic E-state index is -0.594. The van der Waals surface area contributed by atoms with Gasteiger partial charge >= 0.3 is 10.7 Å². The van der Waals surface area contributed by atoms with E-state index in [0.717, 1.165) is 11.8 Å². The Kier molecular flexibility index (Phi) is 7.70. The average Bonchev–Trinajstić information content (AvgIpc) is 3.17. The van der Waals surface area contributed by atoms with E-state index in [1.165, 1.54) is 18.9 Å². The highest BCUT2D eigenvalue weighted by atomic mass is 35.5. The van der Waals surface area contributed by atoms with Gasteiger partial charge in [0.1, 0.15) is 17.2 Å². The lowest BCUT2D eigenvalue weighted by Crippen LogP contribution is -2.37. The Morgan fingerprint density at radius 3 is 2.44 bits per heavy atom. The SMILES string of the molecule is CCC(Sc1c(=O)o[nH][n+]1-c1ccc(OC)cc1)C(=O)Nc1cc(Cl)c(OC)cc1OC. The first-order valence-corrected chi connectivity index (χ1v) is 10.8. The first kappa shape index (κ1) is 23.6. The summed E-state index contributed by atoms with van der Waals surface area (Å²) in [5.74, 6) is 1.17. The molecule has 1 heterocycles. The van der Waals surface area contributed by atoms with Crippen molar-refractivity contribution < 1.29 is 28.2 Å². The minimum Gasteiger partial charge on any atom is -0.497 e. The first-order chi connectivity index (χ1) is 15.4. The van der Waals surface area contributed by atoms with Crippen LogP contribution in [0.3, 0.4) is 0 Å². The monoisotopic (exact) mass is 480 g/mol. The minimum absolute atomic E-state index is 0.233. The highest BCUT2D eigenvalue weighted by Crippen LogP contribution is 2.36. The van der Waals surface area contributed by atoms with Crippen molar-refractivity contribution in [2.75, 3.05) is 26.6 Å². The zero-order valence-corrected chi connectivity index (χ0v) is 19.5. The Bertz CT molecular complexity index is 1150. The van der Waals surface area contributed by atoms with Gasteiger partial charge in [-0.15, -0.1) is 0 Å². The summed E-state index contributed by atoms with van der Waals surface area (Å²) in [5, 5.41) is 5.35. The molecule has 0 aliphatic carbocycles. The predicted molar refractivity (Wildman–Crippen MR) is 121 cm³/mol. The summed E-state index contributed by atoms with van der Waals surface area (Å²) in [6.45, 7) is 1.85. The Labute approximate surface area is 193 Å². The molecule has 9 nitrogen and oxygen atoms in total. The lowest BCUT2D eigenvalue weighted by Gasteiger charge is -2.16. The molecule has 0 aliphatic rings. The third-order valence-corrected chi connectivity index (χ3v) is 6.29. The Hall–Kier alpha value is -3.11. The Morgan fingerprint density at radius 2 is 1.84 bits per heavy atom. The molecule has 0 saturated carbocycles. The summed E-state index contributed by atoms with van der Waals surface area (Å²) < 4.78 is 22.1. The van der Waals surface area contributed by atoms with Gasteiger partial charge in [0.15, 0.2) is 0 Å². The van der Waals surface area contributed by atoms with Crippen molar-refractivity contribution in [3.8, 4) is 22.9 Å². The van der Waals surface area contributed by atoms with Gasteiger partial charge in [0, 0.05) is 18.2 Å². The van der Waals surface area contributed by atoms with E-state index in [9.17, 15) is 9.59 Å². The van der Waals surface area contributed by atoms with E-state index < -0.39 is 10.9 Å². The molecule has 0 spiro atoms. The van der Waals surface area contributed by atoms with E-state index in [2.05, 4.69) is 10.6 Å². The van der Waals surface area contributed by atoms with E-state index in [0.29, 0.717) is 40.1 Å². The maximum atomic E-state index is 13.0. The summed E-state index contributed by atoms with van der Waals surface area (Å²) in [6, 6.07) is 10.2. The number of nitrogens with one attached hydrogen (secondary N) is 2. The van der Waals surface area contributed by atoms with Crippen molar-refractivity contribution in [2.45, 2.75) is 23.6 Å². The molecule has 3 aromatic rings. The lowest BCUT2D eigenvalue weighted by atomic mass is 10.2. The van der Waals surface area contributed by atoms with Crippen LogP contribution in [0.2, 0.25) is 5.02 Å². The molecular formula is C21H23ClN3O6S+. The predicted octanol–water partition coefficient (Wildman–Crippen LogP) is 3.43. The van der Waals surface area contributed by atoms with Crippen molar-refractivity contribution in [1.29, 1.82) is 0 Å². The molecule has 0 saturated heterocycles. The van der Waals surface area contributed by atoms with Crippen molar-refractivity contribution in [3.05, 3.63) is 51.8 Å². The maximum absolute atomic E-state index is 13.0. The quantitative estimate of drug-likeness (QED) is 0.357. The number of nitrogens with zero attached hydrogens (tertiary/aromatic N) is 1. The summed E-state index contributed by atoms with van der Waals surface area (Å²) in [5.41, 5.74) is 0.464. The van der Waals surface area contributed by atoms with Crippen LogP contribution in [0.25, 0.3) is 5.69 Å². The highest BCUT2D eigenvalue weighted by molar-refractivity contribution is 8.00. The smallest absolute Gasteiger partial charge is 0.442 e. The number of anilines is 1. The Morgan fingerprint density at radius 1 is 1.16 bits per heavy atom. The number of halogens is 1. The number of hydrogen-bond acceptors (Lipinski definition) is 7. The molecule has 3 rings (SSSR count). The molecule has 170 valence electrons. The largest absolute Gasteiger partial charge is 0.497 e. The van der Waals surface area contributed by atoms with Crippen molar-refractivity contribution >= 4 is 35.0 Å². The fraction of sp³-hybridized carbons (Fsp3) is 0.286. The summed E-state index contributed by atoms with van der Waals surface area (Å²) in [6.07, 6.45) is 0.454. The van der Waals surface area contributed by atoms with E-state index in [1.807, 2.05) is 6.92 Å². The number of hydrogen-bond donors (Lipinski definition) is 2. The molecule has 11 heteroatoms. The third-order valence-electron chi connectivity index (χ3n) is 4.59. The molecule has 2 aromatic carbocycles. The second kappa shape index (κ2) is 10.5. The van der Waals surface area contributed by atoms with Gasteiger partial charge in [-0.2, -0.15) is 0 Å². The number of amides is 1. The second-order valence-corrected chi connectivity index (χ2v) is 8.11. The number of ether oxygens (including phenoxy) is 3. The average molecular weight is 481 g/mol. The molecule has 0 aliphatic heterocycles. The second-order valence-electron chi connectivity index (χ2n) is 6.51. The molecule has 1 atom stereocenters. The topological polar surface area (TPSA) is 107 Å². The zero-order chi connectivity index (χ0) is 23.3. The standard InChI is InChI=1S/C21H22ClN3O6S/c1-5-18(19(26)23-15-10-14(22)16(29-3)11-17(15)30-4)32-20-21(27)31-24-25(20)12-6-8-13(28-2)9-7-12/h6-11,18H,5H2,1-4H3,(H-,23,24,26,27)/p+1. The number of benzene rings is 2. The fourth-order valence-electron chi connectivity index (χ4n) is 2.89. The van der Waals surface area contributed by atoms with Gasteiger partial charge in [0.25, 0.3) is 0 Å². The molecule has 2 N–H and O–H groups in total. The lowest BCUT2D eigenvalue weighted by molar-refractivity contribution is -0.704. The third kappa shape index (κ3) is 5.03. The van der Waals surface area contributed by atoms with Crippen LogP contribution in [0.4, 0.5) is 5.69 Å². The molecule has 0 radical (unpaired) electrons. The van der Waals surface area contributed by atoms with E-state index in [-0.39, 0.29) is 10.9 Å². The van der Waals surface area contributed by atoms with Crippen LogP contribution < -0.4 is 29.8 Å². The van der Waals surface area contributed by atoms with Crippen molar-refractivity contribution in [1.82, 2.24) is 5.27 Å². The van der Waals surface area contributed by atoms with Crippen molar-refractivity contribution in [3.63, 3.8) is 0 Å². The number of carbonyl (C=O) groups is 1. The fourth-order valence-corrected chi connectivity index (χ4v) is 4.12. The number of carbonyl (C=O) groups excluding carboxylic acids is 1. The van der Waals surface area contributed by atoms with Gasteiger partial charge in [-0.25, -0.2) is 4.79 Å². The van der Waals surface area contributed by atoms with Gasteiger partial charge < -0.3 is 19.5 Å². The molecule has 0 bridgehead atoms. The summed E-state index contributed by atoms with van der Waals surface area (Å²) in [7, 11) is 4.54. The van der Waals surface area contributed by atoms with Crippen LogP contribution in [0, 0.1) is 0 Å². The summed E-state index contributed by atoms with van der Waals surface area (Å²) in [4.78, 5) is 25.4. The van der Waals surface area contributed by atoms with Gasteiger partial charge in [-0.05, 0) is 46.3 Å². The molecule has 1 unspecified atom stereocenters. The number of rotatable bonds is 9. The highest BCUT2D eigenvalue weighted by Gasteiger charge is 2.31. The van der Waals surface area contributed by atoms with E-state index >= 15 is 0 Å². The van der Waals surface area contributed by atoms with Crippen molar-refractivity contribution in [2.24, 2.45) is 0 Å². The van der Waals surface area contributed by atoms with Crippen LogP contribution in [0.15, 0.2) is 50.7 Å². The maximum Gasteiger partial charge on any atom is 0.442 e. The van der Waals surface area contributed by atoms with Crippen LogP contribution in [0.1, 0.15) is 13.3 Å². The van der Waals surface area contributed by atoms with Gasteiger partial charge in [-0.1, -0.05) is 18.5 Å². The van der Waals surface area contributed by atoms with Gasteiger partial charge in [0.05, 0.1) is 37.3 Å². The van der Waals surface area contributed by atoms with Gasteiger partial charge in [0.2, 0.25) is 11.6 Å². The van der Waals surface area contributed by atoms with E-state index in [4.69, 9.17) is 30.3 Å². The Balaban J connectivity index is 1.84. The normalized spacial score (nSPS) is 11.7. The number of aromatic amines is 1. The zero-order valence-electron chi connectivity index (χ0n) is 17.9. The number of methoxy groups -OCH3 is 3. The number of thioether (sulfide) groups is 1. The van der Waals surface area contributed by atoms with Crippen LogP contribution in [-0.2, 0) is 4.79 Å². The van der Waals surface area contributed by atoms with Gasteiger partial charge in [-0.3, -0.25) is 9.32 Å². The van der Waals surface area contributed by atoms with E-state index in [1.54, 1.807) is 43.5 Å².